The van der Waals surface area contributed by atoms with Gasteiger partial charge in [0.05, 0.1) is 88.0 Å². The van der Waals surface area contributed by atoms with Crippen LogP contribution in [0.4, 0.5) is 11.4 Å². The number of nitrogens with two attached hydrogens (primary N) is 2. The third kappa shape index (κ3) is 12.8. The number of benzene rings is 4. The quantitative estimate of drug-likeness (QED) is 0.0703. The molecule has 0 radical (unpaired) electrons. The van der Waals surface area contributed by atoms with Gasteiger partial charge < -0.3 is 49.4 Å². The molecule has 18 nitrogen and oxygen atoms in total. The summed E-state index contributed by atoms with van der Waals surface area (Å²) < 4.78 is 44.3. The van der Waals surface area contributed by atoms with Crippen LogP contribution in [-0.4, -0.2) is 89.7 Å². The van der Waals surface area contributed by atoms with Crippen LogP contribution in [0, 0.1) is 0 Å². The molecule has 0 bridgehead atoms. The number of nitrogens with zero attached hydrogens (tertiary/aromatic N) is 2. The van der Waals surface area contributed by atoms with Crippen molar-refractivity contribution in [3.8, 4) is 11.5 Å². The van der Waals surface area contributed by atoms with Crippen molar-refractivity contribution in [1.29, 1.82) is 0 Å². The molecule has 2 heterocycles. The van der Waals surface area contributed by atoms with Crippen LogP contribution in [0.15, 0.2) is 151 Å². The second kappa shape index (κ2) is 26.9. The van der Waals surface area contributed by atoms with E-state index in [9.17, 15) is 28.8 Å². The van der Waals surface area contributed by atoms with Crippen molar-refractivity contribution in [3.63, 3.8) is 0 Å². The average Bonchev–Trinajstić information content (AvgIpc) is 3.39. The third-order valence-corrected chi connectivity index (χ3v) is 12.2. The van der Waals surface area contributed by atoms with Crippen LogP contribution in [-0.2, 0) is 57.2 Å². The molecule has 6 rings (SSSR count). The summed E-state index contributed by atoms with van der Waals surface area (Å²) in [4.78, 5) is 83.3. The molecule has 0 fully saturated rings. The number of ether oxygens (including phenoxy) is 8. The van der Waals surface area contributed by atoms with E-state index in [1.54, 1.807) is 139 Å². The molecule has 2 atom stereocenters. The predicted octanol–water partition coefficient (Wildman–Crippen LogP) is 8.35. The number of carbonyl (C=O) groups is 6. The molecule has 4 aromatic rings. The predicted molar refractivity (Wildman–Crippen MR) is 281 cm³/mol. The Morgan fingerprint density at radius 3 is 0.919 bits per heavy atom. The highest BCUT2D eigenvalue weighted by molar-refractivity contribution is 9.10. The Kier molecular flexibility index (Phi) is 20.9. The Bertz CT molecular complexity index is 2630. The number of methoxy groups -OCH3 is 2. The van der Waals surface area contributed by atoms with E-state index in [-0.39, 0.29) is 85.0 Å². The summed E-state index contributed by atoms with van der Waals surface area (Å²) in [5.41, 5.74) is 14.7. The van der Waals surface area contributed by atoms with Gasteiger partial charge in [-0.25, -0.2) is 28.8 Å². The number of halogens is 2. The van der Waals surface area contributed by atoms with E-state index < -0.39 is 47.7 Å². The number of rotatable bonds is 18. The van der Waals surface area contributed by atoms with Gasteiger partial charge >= 0.3 is 35.8 Å². The van der Waals surface area contributed by atoms with E-state index >= 15 is 0 Å². The summed E-state index contributed by atoms with van der Waals surface area (Å²) in [6.45, 7) is 10.3. The summed E-state index contributed by atoms with van der Waals surface area (Å²) in [6, 6.07) is 27.2. The molecular formula is C54H58Br2N4O14. The Labute approximate surface area is 446 Å². The SMILES string of the molecule is CCOC(=O)C1=C(N)N(c2ccc(OC)cc2)C(C(=O)OCC)=C(C(=O)OCC)[C@@H]1c1ccc(Br)cc1.CCOC(=O)C1=C(N)N(c2ccc(OC)cc2)C(C(=O)OCC)=C(C(=O)OCC)[C@H]1c1ccc(Br)cc1. The maximum atomic E-state index is 13.5. The summed E-state index contributed by atoms with van der Waals surface area (Å²) in [5.74, 6) is -5.75. The zero-order valence-corrected chi connectivity index (χ0v) is 45.3. The van der Waals surface area contributed by atoms with E-state index in [0.29, 0.717) is 34.0 Å². The maximum Gasteiger partial charge on any atom is 0.355 e. The van der Waals surface area contributed by atoms with Crippen molar-refractivity contribution >= 4 is 79.1 Å². The van der Waals surface area contributed by atoms with Gasteiger partial charge in [0.15, 0.2) is 0 Å². The first kappa shape index (κ1) is 57.3. The molecule has 2 aliphatic rings. The zero-order chi connectivity index (χ0) is 54.2. The molecule has 74 heavy (non-hydrogen) atoms. The van der Waals surface area contributed by atoms with Gasteiger partial charge in [-0.3, -0.25) is 9.80 Å². The average molecular weight is 1150 g/mol. The van der Waals surface area contributed by atoms with E-state index in [1.165, 1.54) is 24.0 Å². The van der Waals surface area contributed by atoms with Crippen molar-refractivity contribution < 1.29 is 66.7 Å². The first-order chi connectivity index (χ1) is 35.6. The van der Waals surface area contributed by atoms with Gasteiger partial charge in [0.2, 0.25) is 0 Å². The number of esters is 6. The van der Waals surface area contributed by atoms with Crippen molar-refractivity contribution in [3.05, 3.63) is 162 Å². The molecule has 0 unspecified atom stereocenters. The Hall–Kier alpha value is -7.58. The summed E-state index contributed by atoms with van der Waals surface area (Å²) in [5, 5.41) is 0. The molecule has 20 heteroatoms. The highest BCUT2D eigenvalue weighted by Gasteiger charge is 2.47. The lowest BCUT2D eigenvalue weighted by atomic mass is 9.80. The molecule has 0 amide bonds. The number of anilines is 2. The number of carbonyl (C=O) groups excluding carboxylic acids is 6. The van der Waals surface area contributed by atoms with Gasteiger partial charge in [0, 0.05) is 20.3 Å². The molecule has 392 valence electrons. The van der Waals surface area contributed by atoms with Gasteiger partial charge in [-0.15, -0.1) is 0 Å². The Morgan fingerprint density at radius 1 is 0.405 bits per heavy atom. The van der Waals surface area contributed by atoms with Crippen molar-refractivity contribution in [1.82, 2.24) is 0 Å². The second-order valence-electron chi connectivity index (χ2n) is 15.5. The fourth-order valence-electron chi connectivity index (χ4n) is 8.07. The van der Waals surface area contributed by atoms with Crippen molar-refractivity contribution in [2.75, 3.05) is 63.7 Å². The van der Waals surface area contributed by atoms with Crippen LogP contribution in [0.3, 0.4) is 0 Å². The number of hydrogen-bond acceptors (Lipinski definition) is 18. The summed E-state index contributed by atoms with van der Waals surface area (Å²) >= 11 is 6.80. The summed E-state index contributed by atoms with van der Waals surface area (Å²) in [7, 11) is 3.04. The molecule has 4 aromatic carbocycles. The molecule has 2 aliphatic heterocycles. The topological polar surface area (TPSA) is 235 Å². The molecule has 0 spiro atoms. The standard InChI is InChI=1S/2C27H29BrN2O7/c2*1-5-35-25(31)21-20(16-8-10-17(28)11-9-16)22(26(32)36-6-2)24(29)30(23(21)27(33)37-7-3)18-12-14-19(34-4)15-13-18/h2*8-15,20H,5-7,29H2,1-4H3/t2*20-/m10/s1. The van der Waals surface area contributed by atoms with Gasteiger partial charge in [0.1, 0.15) is 34.5 Å². The van der Waals surface area contributed by atoms with Crippen LogP contribution < -0.4 is 30.7 Å². The van der Waals surface area contributed by atoms with Crippen LogP contribution in [0.5, 0.6) is 11.5 Å². The fraction of sp³-hybridized carbons (Fsp3) is 0.296. The van der Waals surface area contributed by atoms with Crippen LogP contribution in [0.25, 0.3) is 0 Å². The normalized spacial score (nSPS) is 15.4. The van der Waals surface area contributed by atoms with Crippen LogP contribution in [0.2, 0.25) is 0 Å². The van der Waals surface area contributed by atoms with E-state index in [2.05, 4.69) is 31.9 Å². The van der Waals surface area contributed by atoms with E-state index in [1.807, 2.05) is 0 Å². The monoisotopic (exact) mass is 1140 g/mol. The maximum absolute atomic E-state index is 13.5. The van der Waals surface area contributed by atoms with Crippen molar-refractivity contribution in [2.24, 2.45) is 11.5 Å². The van der Waals surface area contributed by atoms with Gasteiger partial charge in [-0.05, 0) is 125 Å². The number of hydrogen-bond donors (Lipinski definition) is 2. The minimum Gasteiger partial charge on any atom is -0.497 e. The lowest BCUT2D eigenvalue weighted by Crippen LogP contribution is -2.43. The van der Waals surface area contributed by atoms with Gasteiger partial charge in [0.25, 0.3) is 0 Å². The third-order valence-electron chi connectivity index (χ3n) is 11.1. The zero-order valence-electron chi connectivity index (χ0n) is 42.2. The fourth-order valence-corrected chi connectivity index (χ4v) is 8.60. The lowest BCUT2D eigenvalue weighted by molar-refractivity contribution is -0.143. The first-order valence-electron chi connectivity index (χ1n) is 23.5. The molecular weight excluding hydrogens is 1090 g/mol. The molecule has 4 N–H and O–H groups in total. The van der Waals surface area contributed by atoms with Gasteiger partial charge in [-0.2, -0.15) is 0 Å². The Morgan fingerprint density at radius 2 is 0.662 bits per heavy atom. The van der Waals surface area contributed by atoms with Crippen molar-refractivity contribution in [2.45, 2.75) is 53.4 Å². The van der Waals surface area contributed by atoms with Crippen LogP contribution in [0.1, 0.15) is 64.5 Å². The first-order valence-corrected chi connectivity index (χ1v) is 25.0. The lowest BCUT2D eigenvalue weighted by Gasteiger charge is -2.37. The van der Waals surface area contributed by atoms with Crippen LogP contribution >= 0.6 is 31.9 Å². The highest BCUT2D eigenvalue weighted by Crippen LogP contribution is 2.46. The smallest absolute Gasteiger partial charge is 0.355 e. The molecule has 0 saturated carbocycles. The van der Waals surface area contributed by atoms with E-state index in [4.69, 9.17) is 49.4 Å². The Balaban J connectivity index is 0.000000274. The molecule has 0 aliphatic carbocycles. The highest BCUT2D eigenvalue weighted by atomic mass is 79.9. The molecule has 0 aromatic heterocycles. The minimum atomic E-state index is -1.06. The van der Waals surface area contributed by atoms with Gasteiger partial charge in [-0.1, -0.05) is 56.1 Å². The summed E-state index contributed by atoms with van der Waals surface area (Å²) in [6.07, 6.45) is 0. The molecule has 0 saturated heterocycles. The minimum absolute atomic E-state index is 0.00362. The largest absolute Gasteiger partial charge is 0.497 e. The second-order valence-corrected chi connectivity index (χ2v) is 17.3. The van der Waals surface area contributed by atoms with E-state index in [0.717, 1.165) is 8.95 Å².